The summed E-state index contributed by atoms with van der Waals surface area (Å²) in [6, 6.07) is 7.62. The zero-order valence-corrected chi connectivity index (χ0v) is 24.7. The van der Waals surface area contributed by atoms with Crippen LogP contribution in [0.4, 0.5) is 4.79 Å². The second kappa shape index (κ2) is 10.6. The van der Waals surface area contributed by atoms with E-state index in [-0.39, 0.29) is 42.4 Å². The number of carbonyl (C=O) groups is 4. The van der Waals surface area contributed by atoms with Crippen molar-refractivity contribution in [2.45, 2.75) is 88.8 Å². The van der Waals surface area contributed by atoms with Crippen LogP contribution < -0.4 is 5.32 Å². The fraction of sp³-hybridized carbons (Fsp3) is 0.633. The molecular formula is C30H40N6O5. The third kappa shape index (κ3) is 5.62. The summed E-state index contributed by atoms with van der Waals surface area (Å²) in [6.07, 6.45) is 1.49. The Labute approximate surface area is 241 Å². The summed E-state index contributed by atoms with van der Waals surface area (Å²) in [4.78, 5) is 59.4. The van der Waals surface area contributed by atoms with Gasteiger partial charge < -0.3 is 24.8 Å². The van der Waals surface area contributed by atoms with Gasteiger partial charge in [-0.3, -0.25) is 19.3 Å². The number of amides is 4. The lowest BCUT2D eigenvalue weighted by Gasteiger charge is -2.39. The van der Waals surface area contributed by atoms with Gasteiger partial charge in [0.15, 0.2) is 0 Å². The van der Waals surface area contributed by atoms with Gasteiger partial charge in [0.2, 0.25) is 11.8 Å². The monoisotopic (exact) mass is 564 g/mol. The predicted molar refractivity (Wildman–Crippen MR) is 149 cm³/mol. The lowest BCUT2D eigenvalue weighted by Crippen LogP contribution is -2.59. The van der Waals surface area contributed by atoms with Gasteiger partial charge in [0.1, 0.15) is 17.7 Å². The Morgan fingerprint density at radius 3 is 2.41 bits per heavy atom. The van der Waals surface area contributed by atoms with Crippen LogP contribution in [0.3, 0.4) is 0 Å². The van der Waals surface area contributed by atoms with Crippen molar-refractivity contribution in [1.82, 2.24) is 24.9 Å². The van der Waals surface area contributed by atoms with Gasteiger partial charge in [0.05, 0.1) is 18.2 Å². The number of nitrogens with zero attached hydrogens (tertiary/aromatic N) is 5. The first-order valence-electron chi connectivity index (χ1n) is 14.4. The highest BCUT2D eigenvalue weighted by Crippen LogP contribution is 2.48. The molecule has 0 spiro atoms. The van der Waals surface area contributed by atoms with Gasteiger partial charge in [-0.05, 0) is 70.6 Å². The van der Waals surface area contributed by atoms with Crippen LogP contribution in [0.25, 0.3) is 0 Å². The Morgan fingerprint density at radius 1 is 1.15 bits per heavy atom. The standard InChI is InChI=1S/C30H40N6O5/c1-17(18-7-9-19(10-8-18)26(37)33(5)6)35-22-13-25(28(35)39)34(15-22)16-23(32-29(40)41-30(2,3)4)27(38)36-21(14-31)11-20-12-24(20)36/h7-10,17,20-25H,11-13,15-16H2,1-6H3,(H,32,40)/t17-,20?,21+,22?,23+,24?,25+/m1/s1. The fourth-order valence-electron chi connectivity index (χ4n) is 6.66. The number of piperidine rings is 1. The van der Waals surface area contributed by atoms with E-state index in [4.69, 9.17) is 4.74 Å². The lowest BCUT2D eigenvalue weighted by atomic mass is 10.0. The zero-order chi connectivity index (χ0) is 29.8. The average molecular weight is 565 g/mol. The number of ether oxygens (including phenoxy) is 1. The van der Waals surface area contributed by atoms with E-state index >= 15 is 0 Å². The first-order chi connectivity index (χ1) is 19.3. The summed E-state index contributed by atoms with van der Waals surface area (Å²) in [6.45, 7) is 8.00. The molecule has 3 aliphatic heterocycles. The number of nitrogens with one attached hydrogen (secondary N) is 1. The van der Waals surface area contributed by atoms with Gasteiger partial charge in [-0.15, -0.1) is 0 Å². The molecule has 3 heterocycles. The maximum atomic E-state index is 13.8. The van der Waals surface area contributed by atoms with Gasteiger partial charge in [-0.2, -0.15) is 5.26 Å². The van der Waals surface area contributed by atoms with Crippen LogP contribution in [-0.2, 0) is 14.3 Å². The molecule has 1 aromatic rings. The number of piperazine rings is 1. The summed E-state index contributed by atoms with van der Waals surface area (Å²) in [5.74, 6) is -0.0306. The fourth-order valence-corrected chi connectivity index (χ4v) is 6.66. The highest BCUT2D eigenvalue weighted by atomic mass is 16.6. The van der Waals surface area contributed by atoms with Crippen LogP contribution in [0.5, 0.6) is 0 Å². The van der Waals surface area contributed by atoms with Crippen molar-refractivity contribution in [2.24, 2.45) is 5.92 Å². The summed E-state index contributed by atoms with van der Waals surface area (Å²) in [7, 11) is 3.42. The average Bonchev–Trinajstić information content (AvgIpc) is 3.23. The molecule has 1 aliphatic carbocycles. The SMILES string of the molecule is C[C@H](c1ccc(C(=O)N(C)C)cc1)N1C(=O)[C@@H]2CC1CN2C[C@H](NC(=O)OC(C)(C)C)C(=O)N1C2CC2C[C@H]1C#N. The molecule has 3 saturated heterocycles. The number of nitriles is 1. The van der Waals surface area contributed by atoms with Crippen molar-refractivity contribution in [3.05, 3.63) is 35.4 Å². The molecule has 4 aliphatic rings. The summed E-state index contributed by atoms with van der Waals surface area (Å²) in [5, 5.41) is 12.4. The quantitative estimate of drug-likeness (QED) is 0.538. The van der Waals surface area contributed by atoms with Gasteiger partial charge in [-0.25, -0.2) is 4.79 Å². The Kier molecular flexibility index (Phi) is 7.49. The molecule has 41 heavy (non-hydrogen) atoms. The zero-order valence-electron chi connectivity index (χ0n) is 24.7. The van der Waals surface area contributed by atoms with Crippen LogP contribution in [0.15, 0.2) is 24.3 Å². The molecular weight excluding hydrogens is 524 g/mol. The van der Waals surface area contributed by atoms with Crippen LogP contribution in [0, 0.1) is 17.2 Å². The molecule has 220 valence electrons. The Hall–Kier alpha value is -3.65. The Bertz CT molecular complexity index is 1270. The highest BCUT2D eigenvalue weighted by Gasteiger charge is 2.56. The third-order valence-corrected chi connectivity index (χ3v) is 8.69. The molecule has 1 N–H and O–H groups in total. The smallest absolute Gasteiger partial charge is 0.408 e. The summed E-state index contributed by atoms with van der Waals surface area (Å²) < 4.78 is 5.45. The number of alkyl carbamates (subject to hydrolysis) is 1. The van der Waals surface area contributed by atoms with Gasteiger partial charge in [-0.1, -0.05) is 12.1 Å². The van der Waals surface area contributed by atoms with Crippen molar-refractivity contribution in [1.29, 1.82) is 5.26 Å². The molecule has 0 radical (unpaired) electrons. The number of benzene rings is 1. The molecule has 11 nitrogen and oxygen atoms in total. The number of carbonyl (C=O) groups excluding carboxylic acids is 4. The molecule has 11 heteroatoms. The van der Waals surface area contributed by atoms with Crippen molar-refractivity contribution in [2.75, 3.05) is 27.2 Å². The Balaban J connectivity index is 1.28. The van der Waals surface area contributed by atoms with Crippen molar-refractivity contribution >= 4 is 23.8 Å². The summed E-state index contributed by atoms with van der Waals surface area (Å²) in [5.41, 5.74) is 0.802. The highest BCUT2D eigenvalue weighted by molar-refractivity contribution is 5.94. The number of hydrogen-bond acceptors (Lipinski definition) is 7. The van der Waals surface area contributed by atoms with E-state index in [0.717, 1.165) is 12.0 Å². The minimum Gasteiger partial charge on any atom is -0.444 e. The van der Waals surface area contributed by atoms with Gasteiger partial charge in [0, 0.05) is 44.8 Å². The molecule has 5 rings (SSSR count). The lowest BCUT2D eigenvalue weighted by molar-refractivity contribution is -0.141. The van der Waals surface area contributed by atoms with E-state index < -0.39 is 29.8 Å². The van der Waals surface area contributed by atoms with Crippen molar-refractivity contribution in [3.8, 4) is 6.07 Å². The number of hydrogen-bond donors (Lipinski definition) is 1. The second-order valence-electron chi connectivity index (χ2n) is 13.0. The van der Waals surface area contributed by atoms with Crippen LogP contribution in [-0.4, -0.2) is 106 Å². The second-order valence-corrected chi connectivity index (χ2v) is 13.0. The van der Waals surface area contributed by atoms with Crippen molar-refractivity contribution < 1.29 is 23.9 Å². The van der Waals surface area contributed by atoms with E-state index in [2.05, 4.69) is 11.4 Å². The largest absolute Gasteiger partial charge is 0.444 e. The first-order valence-corrected chi connectivity index (χ1v) is 14.4. The van der Waals surface area contributed by atoms with Crippen LogP contribution in [0.2, 0.25) is 0 Å². The molecule has 1 aromatic carbocycles. The summed E-state index contributed by atoms with van der Waals surface area (Å²) >= 11 is 0. The van der Waals surface area contributed by atoms with E-state index in [0.29, 0.717) is 30.9 Å². The van der Waals surface area contributed by atoms with Crippen LogP contribution >= 0.6 is 0 Å². The van der Waals surface area contributed by atoms with Gasteiger partial charge in [0.25, 0.3) is 5.91 Å². The van der Waals surface area contributed by atoms with E-state index in [1.807, 2.05) is 28.9 Å². The molecule has 4 fully saturated rings. The maximum absolute atomic E-state index is 13.8. The first kappa shape index (κ1) is 28.9. The van der Waals surface area contributed by atoms with Crippen LogP contribution in [0.1, 0.15) is 68.9 Å². The number of fused-ring (bicyclic) bond motifs is 3. The minimum absolute atomic E-state index is 0.0102. The normalized spacial score (nSPS) is 28.1. The Morgan fingerprint density at radius 2 is 1.83 bits per heavy atom. The molecule has 3 unspecified atom stereocenters. The minimum atomic E-state index is -0.931. The molecule has 0 aromatic heterocycles. The van der Waals surface area contributed by atoms with E-state index in [9.17, 15) is 24.4 Å². The molecule has 1 saturated carbocycles. The third-order valence-electron chi connectivity index (χ3n) is 8.69. The maximum Gasteiger partial charge on any atom is 0.408 e. The molecule has 2 bridgehead atoms. The van der Waals surface area contributed by atoms with Crippen molar-refractivity contribution in [3.63, 3.8) is 0 Å². The predicted octanol–water partition coefficient (Wildman–Crippen LogP) is 2.14. The van der Waals surface area contributed by atoms with E-state index in [1.54, 1.807) is 51.9 Å². The topological polar surface area (TPSA) is 126 Å². The number of likely N-dealkylation sites (tertiary alicyclic amines) is 3. The van der Waals surface area contributed by atoms with Gasteiger partial charge >= 0.3 is 6.09 Å². The number of rotatable bonds is 7. The van der Waals surface area contributed by atoms with E-state index in [1.165, 1.54) is 4.90 Å². The molecule has 7 atom stereocenters. The molecule has 4 amide bonds.